The zero-order valence-electron chi connectivity index (χ0n) is 13.2. The van der Waals surface area contributed by atoms with Crippen molar-refractivity contribution in [1.29, 1.82) is 0 Å². The van der Waals surface area contributed by atoms with Gasteiger partial charge in [-0.2, -0.15) is 0 Å². The van der Waals surface area contributed by atoms with E-state index >= 15 is 0 Å². The molecule has 5 rings (SSSR count). The van der Waals surface area contributed by atoms with Crippen LogP contribution in [0, 0.1) is 11.8 Å². The minimum Gasteiger partial charge on any atom is -0.508 e. The van der Waals surface area contributed by atoms with Gasteiger partial charge in [-0.1, -0.05) is 6.07 Å². The maximum atomic E-state index is 12.7. The van der Waals surface area contributed by atoms with Crippen LogP contribution in [-0.4, -0.2) is 37.1 Å². The van der Waals surface area contributed by atoms with Crippen LogP contribution in [0.3, 0.4) is 0 Å². The molecule has 2 N–H and O–H groups in total. The highest BCUT2D eigenvalue weighted by atomic mass is 35.5. The summed E-state index contributed by atoms with van der Waals surface area (Å²) in [5.74, 6) is 1.63. The molecule has 2 saturated heterocycles. The zero-order chi connectivity index (χ0) is 15.6. The van der Waals surface area contributed by atoms with Gasteiger partial charge < -0.3 is 15.3 Å². The standard InChI is InChI=1S/C19H18N2O2.ClH/c22-14-2-4-16-15-3-1-13(5-17(15)19(23)18(16)6-14)21-9-11-7-20-8-12(11)10-21;/h1-6,11-12,20,22H,7-10H2;1H. The van der Waals surface area contributed by atoms with Gasteiger partial charge in [0.1, 0.15) is 5.75 Å². The number of nitrogens with one attached hydrogen (secondary N) is 1. The third kappa shape index (κ3) is 2.14. The molecule has 0 saturated carbocycles. The van der Waals surface area contributed by atoms with Crippen LogP contribution < -0.4 is 10.2 Å². The normalized spacial score (nSPS) is 23.7. The highest BCUT2D eigenvalue weighted by Gasteiger charge is 2.37. The average molecular weight is 343 g/mol. The molecule has 0 amide bonds. The molecule has 2 aliphatic heterocycles. The summed E-state index contributed by atoms with van der Waals surface area (Å²) in [4.78, 5) is 15.1. The van der Waals surface area contributed by atoms with Gasteiger partial charge in [-0.05, 0) is 53.3 Å². The van der Waals surface area contributed by atoms with Crippen molar-refractivity contribution in [3.8, 4) is 16.9 Å². The largest absolute Gasteiger partial charge is 0.508 e. The smallest absolute Gasteiger partial charge is 0.194 e. The Bertz CT molecular complexity index is 824. The topological polar surface area (TPSA) is 52.6 Å². The van der Waals surface area contributed by atoms with Crippen LogP contribution in [0.5, 0.6) is 5.75 Å². The summed E-state index contributed by atoms with van der Waals surface area (Å²) in [5.41, 5.74) is 4.42. The number of fused-ring (bicyclic) bond motifs is 4. The lowest BCUT2D eigenvalue weighted by Crippen LogP contribution is -2.25. The molecule has 2 unspecified atom stereocenters. The second kappa shape index (κ2) is 5.50. The second-order valence-electron chi connectivity index (χ2n) is 6.87. The molecule has 4 nitrogen and oxygen atoms in total. The van der Waals surface area contributed by atoms with Crippen molar-refractivity contribution >= 4 is 23.9 Å². The highest BCUT2D eigenvalue weighted by molar-refractivity contribution is 6.22. The molecule has 0 spiro atoms. The number of carbonyl (C=O) groups is 1. The number of benzene rings is 2. The number of hydrogen-bond acceptors (Lipinski definition) is 4. The Morgan fingerprint density at radius 2 is 1.54 bits per heavy atom. The van der Waals surface area contributed by atoms with E-state index in [0.29, 0.717) is 5.56 Å². The summed E-state index contributed by atoms with van der Waals surface area (Å²) in [6, 6.07) is 11.3. The SMILES string of the molecule is Cl.O=C1c2cc(O)ccc2-c2ccc(N3CC4CNCC4C3)cc21. The van der Waals surface area contributed by atoms with Crippen molar-refractivity contribution < 1.29 is 9.90 Å². The van der Waals surface area contributed by atoms with Gasteiger partial charge in [0.25, 0.3) is 0 Å². The predicted molar refractivity (Wildman–Crippen MR) is 96.3 cm³/mol. The number of rotatable bonds is 1. The molecule has 24 heavy (non-hydrogen) atoms. The van der Waals surface area contributed by atoms with E-state index in [1.54, 1.807) is 12.1 Å². The number of halogens is 1. The van der Waals surface area contributed by atoms with Crippen molar-refractivity contribution in [3.05, 3.63) is 47.5 Å². The van der Waals surface area contributed by atoms with Gasteiger partial charge in [0.15, 0.2) is 5.78 Å². The molecule has 2 fully saturated rings. The van der Waals surface area contributed by atoms with Crippen molar-refractivity contribution in [2.75, 3.05) is 31.1 Å². The number of phenols is 1. The molecular formula is C19H19ClN2O2. The summed E-state index contributed by atoms with van der Waals surface area (Å²) in [5, 5.41) is 13.1. The molecular weight excluding hydrogens is 324 g/mol. The quantitative estimate of drug-likeness (QED) is 0.714. The Labute approximate surface area is 146 Å². The van der Waals surface area contributed by atoms with Gasteiger partial charge in [-0.25, -0.2) is 0 Å². The number of aromatic hydroxyl groups is 1. The Morgan fingerprint density at radius 3 is 2.25 bits per heavy atom. The van der Waals surface area contributed by atoms with E-state index in [2.05, 4.69) is 22.3 Å². The van der Waals surface area contributed by atoms with E-state index in [-0.39, 0.29) is 23.9 Å². The summed E-state index contributed by atoms with van der Waals surface area (Å²) in [7, 11) is 0. The Balaban J connectivity index is 0.00000146. The van der Waals surface area contributed by atoms with Gasteiger partial charge in [0.2, 0.25) is 0 Å². The van der Waals surface area contributed by atoms with E-state index in [1.807, 2.05) is 12.1 Å². The zero-order valence-corrected chi connectivity index (χ0v) is 14.0. The molecule has 0 radical (unpaired) electrons. The molecule has 2 aromatic rings. The summed E-state index contributed by atoms with van der Waals surface area (Å²) in [6.07, 6.45) is 0. The van der Waals surface area contributed by atoms with Crippen molar-refractivity contribution in [1.82, 2.24) is 5.32 Å². The van der Waals surface area contributed by atoms with E-state index in [0.717, 1.165) is 60.4 Å². The first kappa shape index (κ1) is 15.5. The van der Waals surface area contributed by atoms with Gasteiger partial charge in [-0.15, -0.1) is 12.4 Å². The number of anilines is 1. The van der Waals surface area contributed by atoms with Crippen LogP contribution in [0.25, 0.3) is 11.1 Å². The minimum absolute atomic E-state index is 0. The van der Waals surface area contributed by atoms with Crippen molar-refractivity contribution in [2.45, 2.75) is 0 Å². The fraction of sp³-hybridized carbons (Fsp3) is 0.316. The molecule has 2 atom stereocenters. The van der Waals surface area contributed by atoms with E-state index < -0.39 is 0 Å². The Kier molecular flexibility index (Phi) is 3.55. The number of hydrogen-bond donors (Lipinski definition) is 2. The third-order valence-electron chi connectivity index (χ3n) is 5.54. The van der Waals surface area contributed by atoms with Crippen LogP contribution in [-0.2, 0) is 0 Å². The summed E-state index contributed by atoms with van der Waals surface area (Å²) < 4.78 is 0. The minimum atomic E-state index is 0. The van der Waals surface area contributed by atoms with Crippen LogP contribution in [0.4, 0.5) is 5.69 Å². The molecule has 0 bridgehead atoms. The van der Waals surface area contributed by atoms with Crippen LogP contribution in [0.1, 0.15) is 15.9 Å². The molecule has 124 valence electrons. The van der Waals surface area contributed by atoms with E-state index in [1.165, 1.54) is 0 Å². The van der Waals surface area contributed by atoms with Crippen LogP contribution >= 0.6 is 12.4 Å². The van der Waals surface area contributed by atoms with Gasteiger partial charge in [0.05, 0.1) is 0 Å². The lowest BCUT2D eigenvalue weighted by molar-refractivity contribution is 0.104. The number of phenolic OH excluding ortho intramolecular Hbond substituents is 1. The first-order valence-electron chi connectivity index (χ1n) is 8.18. The fourth-order valence-corrected chi connectivity index (χ4v) is 4.32. The predicted octanol–water partition coefficient (Wildman–Crippen LogP) is 2.68. The lowest BCUT2D eigenvalue weighted by Gasteiger charge is -2.20. The van der Waals surface area contributed by atoms with E-state index in [9.17, 15) is 9.90 Å². The first-order valence-corrected chi connectivity index (χ1v) is 8.18. The molecule has 2 heterocycles. The van der Waals surface area contributed by atoms with Gasteiger partial charge >= 0.3 is 0 Å². The second-order valence-corrected chi connectivity index (χ2v) is 6.87. The highest BCUT2D eigenvalue weighted by Crippen LogP contribution is 2.40. The maximum absolute atomic E-state index is 12.7. The molecule has 1 aliphatic carbocycles. The Morgan fingerprint density at radius 1 is 0.917 bits per heavy atom. The molecule has 2 aromatic carbocycles. The van der Waals surface area contributed by atoms with Crippen molar-refractivity contribution in [3.63, 3.8) is 0 Å². The fourth-order valence-electron chi connectivity index (χ4n) is 4.32. The van der Waals surface area contributed by atoms with Crippen LogP contribution in [0.2, 0.25) is 0 Å². The van der Waals surface area contributed by atoms with Crippen molar-refractivity contribution in [2.24, 2.45) is 11.8 Å². The molecule has 0 aromatic heterocycles. The van der Waals surface area contributed by atoms with Crippen LogP contribution in [0.15, 0.2) is 36.4 Å². The monoisotopic (exact) mass is 342 g/mol. The third-order valence-corrected chi connectivity index (χ3v) is 5.54. The van der Waals surface area contributed by atoms with Gasteiger partial charge in [-0.3, -0.25) is 4.79 Å². The number of carbonyl (C=O) groups excluding carboxylic acids is 1. The number of nitrogens with zero attached hydrogens (tertiary/aromatic N) is 1. The molecule has 5 heteroatoms. The van der Waals surface area contributed by atoms with Gasteiger partial charge in [0, 0.05) is 43.0 Å². The summed E-state index contributed by atoms with van der Waals surface area (Å²) in [6.45, 7) is 4.35. The van der Waals surface area contributed by atoms with E-state index in [4.69, 9.17) is 0 Å². The molecule has 3 aliphatic rings. The maximum Gasteiger partial charge on any atom is 0.194 e. The lowest BCUT2D eigenvalue weighted by atomic mass is 10.0. The average Bonchev–Trinajstić information content (AvgIpc) is 3.21. The Hall–Kier alpha value is -2.04. The number of ketones is 1. The summed E-state index contributed by atoms with van der Waals surface area (Å²) >= 11 is 0. The first-order chi connectivity index (χ1) is 11.2.